The summed E-state index contributed by atoms with van der Waals surface area (Å²) in [4.78, 5) is 2.20. The first-order valence-corrected chi connectivity index (χ1v) is 9.08. The van der Waals surface area contributed by atoms with E-state index < -0.39 is 0 Å². The minimum Gasteiger partial charge on any atom is -0.378 e. The lowest BCUT2D eigenvalue weighted by atomic mass is 10.0. The van der Waals surface area contributed by atoms with Gasteiger partial charge in [0, 0.05) is 40.5 Å². The molecule has 130 valence electrons. The number of halogens is 2. The summed E-state index contributed by atoms with van der Waals surface area (Å²) >= 11 is 12.5. The minimum atomic E-state index is 0.631. The number of pyridine rings is 1. The third kappa shape index (κ3) is 3.08. The Bertz CT molecular complexity index is 919. The summed E-state index contributed by atoms with van der Waals surface area (Å²) in [6, 6.07) is 7.68. The van der Waals surface area contributed by atoms with Crippen molar-refractivity contribution in [1.29, 1.82) is 0 Å². The van der Waals surface area contributed by atoms with Gasteiger partial charge in [0.15, 0.2) is 5.65 Å². The van der Waals surface area contributed by atoms with Crippen molar-refractivity contribution < 1.29 is 4.74 Å². The number of anilines is 1. The Kier molecular flexibility index (Phi) is 4.54. The predicted molar refractivity (Wildman–Crippen MR) is 101 cm³/mol. The Morgan fingerprint density at radius 3 is 2.60 bits per heavy atom. The van der Waals surface area contributed by atoms with E-state index in [0.29, 0.717) is 23.3 Å². The fourth-order valence-corrected chi connectivity index (χ4v) is 3.69. The largest absolute Gasteiger partial charge is 0.378 e. The number of morpholine rings is 1. The molecule has 1 aliphatic rings. The van der Waals surface area contributed by atoms with E-state index >= 15 is 0 Å². The summed E-state index contributed by atoms with van der Waals surface area (Å²) in [5.41, 5.74) is 4.06. The molecule has 2 aromatic heterocycles. The zero-order chi connectivity index (χ0) is 17.4. The fourth-order valence-electron chi connectivity index (χ4n) is 3.18. The van der Waals surface area contributed by atoms with Crippen molar-refractivity contribution in [3.8, 4) is 11.1 Å². The maximum Gasteiger partial charge on any atom is 0.231 e. The standard InChI is InChI=1S/C18H18Cl2N4O/c1-2-12-9-17-21-22-18(23-5-7-25-8-6-23)24(17)11-15(12)14-4-3-13(19)10-16(14)20/h3-4,9-11H,2,5-8H2,1H3. The Morgan fingerprint density at radius 2 is 1.88 bits per heavy atom. The number of nitrogens with zero attached hydrogens (tertiary/aromatic N) is 4. The second-order valence-corrected chi connectivity index (χ2v) is 6.86. The molecule has 1 aliphatic heterocycles. The van der Waals surface area contributed by atoms with Gasteiger partial charge in [0.05, 0.1) is 13.2 Å². The third-order valence-corrected chi connectivity index (χ3v) is 5.06. The molecule has 0 unspecified atom stereocenters. The molecule has 0 bridgehead atoms. The highest BCUT2D eigenvalue weighted by molar-refractivity contribution is 6.36. The Labute approximate surface area is 156 Å². The quantitative estimate of drug-likeness (QED) is 0.689. The van der Waals surface area contributed by atoms with Gasteiger partial charge in [-0.15, -0.1) is 10.2 Å². The number of benzene rings is 1. The molecule has 1 saturated heterocycles. The van der Waals surface area contributed by atoms with Crippen molar-refractivity contribution in [2.24, 2.45) is 0 Å². The summed E-state index contributed by atoms with van der Waals surface area (Å²) < 4.78 is 7.47. The van der Waals surface area contributed by atoms with Crippen LogP contribution in [0.2, 0.25) is 10.0 Å². The summed E-state index contributed by atoms with van der Waals surface area (Å²) in [5, 5.41) is 10.0. The highest BCUT2D eigenvalue weighted by Crippen LogP contribution is 2.34. The first-order valence-electron chi connectivity index (χ1n) is 8.33. The number of aryl methyl sites for hydroxylation is 1. The minimum absolute atomic E-state index is 0.631. The van der Waals surface area contributed by atoms with Gasteiger partial charge in [0.2, 0.25) is 5.95 Å². The second kappa shape index (κ2) is 6.83. The normalized spacial score (nSPS) is 15.1. The first-order chi connectivity index (χ1) is 12.2. The van der Waals surface area contributed by atoms with Crippen LogP contribution in [0, 0.1) is 0 Å². The lowest BCUT2D eigenvalue weighted by Crippen LogP contribution is -2.37. The van der Waals surface area contributed by atoms with Crippen LogP contribution in [-0.4, -0.2) is 40.9 Å². The van der Waals surface area contributed by atoms with Crippen LogP contribution in [0.25, 0.3) is 16.8 Å². The zero-order valence-electron chi connectivity index (χ0n) is 13.9. The van der Waals surface area contributed by atoms with E-state index in [2.05, 4.69) is 34.3 Å². The van der Waals surface area contributed by atoms with Crippen LogP contribution in [0.4, 0.5) is 5.95 Å². The van der Waals surface area contributed by atoms with Crippen LogP contribution in [0.5, 0.6) is 0 Å². The van der Waals surface area contributed by atoms with Gasteiger partial charge in [-0.05, 0) is 30.2 Å². The molecule has 0 radical (unpaired) electrons. The molecular formula is C18H18Cl2N4O. The van der Waals surface area contributed by atoms with E-state index in [9.17, 15) is 0 Å². The molecule has 0 amide bonds. The molecule has 3 heterocycles. The van der Waals surface area contributed by atoms with Gasteiger partial charge in [-0.2, -0.15) is 0 Å². The molecule has 0 saturated carbocycles. The van der Waals surface area contributed by atoms with Crippen LogP contribution in [0.1, 0.15) is 12.5 Å². The summed E-state index contributed by atoms with van der Waals surface area (Å²) in [6.45, 7) is 5.16. The summed E-state index contributed by atoms with van der Waals surface area (Å²) in [5.74, 6) is 0.840. The van der Waals surface area contributed by atoms with Crippen LogP contribution in [0.15, 0.2) is 30.5 Å². The van der Waals surface area contributed by atoms with Crippen molar-refractivity contribution in [1.82, 2.24) is 14.6 Å². The highest BCUT2D eigenvalue weighted by atomic mass is 35.5. The van der Waals surface area contributed by atoms with Gasteiger partial charge in [0.1, 0.15) is 0 Å². The third-order valence-electron chi connectivity index (χ3n) is 4.51. The van der Waals surface area contributed by atoms with Gasteiger partial charge >= 0.3 is 0 Å². The Hall–Kier alpha value is -1.82. The molecule has 0 spiro atoms. The van der Waals surface area contributed by atoms with Crippen LogP contribution in [0.3, 0.4) is 0 Å². The van der Waals surface area contributed by atoms with Crippen molar-refractivity contribution >= 4 is 34.8 Å². The fraction of sp³-hybridized carbons (Fsp3) is 0.333. The monoisotopic (exact) mass is 376 g/mol. The number of aromatic nitrogens is 3. The van der Waals surface area contributed by atoms with E-state index in [1.807, 2.05) is 16.5 Å². The SMILES string of the molecule is CCc1cc2nnc(N3CCOCC3)n2cc1-c1ccc(Cl)cc1Cl. The maximum atomic E-state index is 6.45. The van der Waals surface area contributed by atoms with E-state index in [1.165, 1.54) is 5.56 Å². The van der Waals surface area contributed by atoms with Gasteiger partial charge < -0.3 is 9.64 Å². The molecule has 4 rings (SSSR count). The molecule has 7 heteroatoms. The molecular weight excluding hydrogens is 359 g/mol. The number of rotatable bonds is 3. The summed E-state index contributed by atoms with van der Waals surface area (Å²) in [7, 11) is 0. The first kappa shape index (κ1) is 16.6. The van der Waals surface area contributed by atoms with E-state index in [0.717, 1.165) is 42.2 Å². The topological polar surface area (TPSA) is 42.7 Å². The van der Waals surface area contributed by atoms with Crippen LogP contribution < -0.4 is 4.90 Å². The van der Waals surface area contributed by atoms with Crippen LogP contribution in [-0.2, 0) is 11.2 Å². The summed E-state index contributed by atoms with van der Waals surface area (Å²) in [6.07, 6.45) is 2.96. The molecule has 0 atom stereocenters. The number of fused-ring (bicyclic) bond motifs is 1. The molecule has 0 aliphatic carbocycles. The maximum absolute atomic E-state index is 6.45. The van der Waals surface area contributed by atoms with Crippen molar-refractivity contribution in [2.75, 3.05) is 31.2 Å². The van der Waals surface area contributed by atoms with E-state index in [-0.39, 0.29) is 0 Å². The number of hydrogen-bond acceptors (Lipinski definition) is 4. The molecule has 1 aromatic carbocycles. The van der Waals surface area contributed by atoms with Crippen LogP contribution >= 0.6 is 23.2 Å². The van der Waals surface area contributed by atoms with Gasteiger partial charge in [0.25, 0.3) is 0 Å². The van der Waals surface area contributed by atoms with Crippen molar-refractivity contribution in [2.45, 2.75) is 13.3 Å². The number of hydrogen-bond donors (Lipinski definition) is 0. The zero-order valence-corrected chi connectivity index (χ0v) is 15.4. The lowest BCUT2D eigenvalue weighted by Gasteiger charge is -2.26. The average Bonchev–Trinajstić information content (AvgIpc) is 3.04. The molecule has 25 heavy (non-hydrogen) atoms. The van der Waals surface area contributed by atoms with Crippen molar-refractivity contribution in [3.63, 3.8) is 0 Å². The Balaban J connectivity index is 1.87. The van der Waals surface area contributed by atoms with E-state index in [4.69, 9.17) is 27.9 Å². The highest BCUT2D eigenvalue weighted by Gasteiger charge is 2.19. The lowest BCUT2D eigenvalue weighted by molar-refractivity contribution is 0.122. The molecule has 0 N–H and O–H groups in total. The van der Waals surface area contributed by atoms with Gasteiger partial charge in [-0.3, -0.25) is 4.40 Å². The average molecular weight is 377 g/mol. The number of ether oxygens (including phenoxy) is 1. The molecule has 3 aromatic rings. The molecule has 5 nitrogen and oxygen atoms in total. The molecule has 1 fully saturated rings. The predicted octanol–water partition coefficient (Wildman–Crippen LogP) is 4.10. The smallest absolute Gasteiger partial charge is 0.231 e. The Morgan fingerprint density at radius 1 is 1.08 bits per heavy atom. The van der Waals surface area contributed by atoms with Gasteiger partial charge in [-0.1, -0.05) is 36.2 Å². The van der Waals surface area contributed by atoms with Crippen molar-refractivity contribution in [3.05, 3.63) is 46.1 Å². The van der Waals surface area contributed by atoms with E-state index in [1.54, 1.807) is 6.07 Å². The van der Waals surface area contributed by atoms with Gasteiger partial charge in [-0.25, -0.2) is 0 Å². The second-order valence-electron chi connectivity index (χ2n) is 6.02.